The van der Waals surface area contributed by atoms with E-state index in [-0.39, 0.29) is 5.91 Å². The molecular weight excluding hydrogens is 329 g/mol. The van der Waals surface area contributed by atoms with Gasteiger partial charge in [0, 0.05) is 23.4 Å². The molecule has 0 atom stereocenters. The van der Waals surface area contributed by atoms with E-state index in [9.17, 15) is 4.79 Å². The van der Waals surface area contributed by atoms with Gasteiger partial charge in [0.25, 0.3) is 0 Å². The standard InChI is InChI=1S/C14H13Cl2N3OS/c15-9-1-3-11(17)12(7-9)19-13(20)5-6-21-14-4-2-10(16)8-18-14/h1-4,7-8H,5-6,17H2,(H,19,20). The predicted molar refractivity (Wildman–Crippen MR) is 89.1 cm³/mol. The fourth-order valence-corrected chi connectivity index (χ4v) is 2.62. The van der Waals surface area contributed by atoms with Crippen LogP contribution in [0.15, 0.2) is 41.6 Å². The molecule has 1 amide bonds. The summed E-state index contributed by atoms with van der Waals surface area (Å²) in [5.74, 6) is 0.492. The molecule has 1 heterocycles. The third-order valence-electron chi connectivity index (χ3n) is 2.57. The van der Waals surface area contributed by atoms with Crippen molar-refractivity contribution >= 4 is 52.2 Å². The summed E-state index contributed by atoms with van der Waals surface area (Å²) < 4.78 is 0. The largest absolute Gasteiger partial charge is 0.397 e. The van der Waals surface area contributed by atoms with E-state index in [1.54, 1.807) is 30.5 Å². The minimum Gasteiger partial charge on any atom is -0.397 e. The van der Waals surface area contributed by atoms with Crippen LogP contribution in [0.3, 0.4) is 0 Å². The fourth-order valence-electron chi connectivity index (χ4n) is 1.55. The molecule has 0 bridgehead atoms. The Hall–Kier alpha value is -1.43. The fraction of sp³-hybridized carbons (Fsp3) is 0.143. The smallest absolute Gasteiger partial charge is 0.225 e. The van der Waals surface area contributed by atoms with Gasteiger partial charge in [-0.1, -0.05) is 23.2 Å². The van der Waals surface area contributed by atoms with Crippen LogP contribution in [0.2, 0.25) is 10.0 Å². The number of hydrogen-bond donors (Lipinski definition) is 2. The molecule has 2 aromatic rings. The molecular formula is C14H13Cl2N3OS. The average Bonchev–Trinajstić information content (AvgIpc) is 2.45. The summed E-state index contributed by atoms with van der Waals surface area (Å²) in [5.41, 5.74) is 6.79. The second-order valence-electron chi connectivity index (χ2n) is 4.19. The van der Waals surface area contributed by atoms with Crippen LogP contribution in [0.4, 0.5) is 11.4 Å². The van der Waals surface area contributed by atoms with E-state index in [2.05, 4.69) is 10.3 Å². The number of nitrogen functional groups attached to an aromatic ring is 1. The van der Waals surface area contributed by atoms with Crippen LogP contribution in [0.5, 0.6) is 0 Å². The minimum atomic E-state index is -0.120. The lowest BCUT2D eigenvalue weighted by Gasteiger charge is -2.08. The molecule has 0 spiro atoms. The van der Waals surface area contributed by atoms with Crippen LogP contribution < -0.4 is 11.1 Å². The molecule has 1 aromatic heterocycles. The van der Waals surface area contributed by atoms with Crippen molar-refractivity contribution in [2.45, 2.75) is 11.4 Å². The van der Waals surface area contributed by atoms with E-state index in [1.165, 1.54) is 11.8 Å². The number of aromatic nitrogens is 1. The Morgan fingerprint density at radius 1 is 1.24 bits per heavy atom. The van der Waals surface area contributed by atoms with Crippen molar-refractivity contribution in [3.05, 3.63) is 46.6 Å². The van der Waals surface area contributed by atoms with Crippen LogP contribution in [-0.4, -0.2) is 16.6 Å². The zero-order valence-corrected chi connectivity index (χ0v) is 13.3. The molecule has 21 heavy (non-hydrogen) atoms. The molecule has 0 unspecified atom stereocenters. The molecule has 0 fully saturated rings. The third-order valence-corrected chi connectivity index (χ3v) is 3.97. The van der Waals surface area contributed by atoms with Crippen LogP contribution in [0, 0.1) is 0 Å². The van der Waals surface area contributed by atoms with Crippen molar-refractivity contribution in [3.63, 3.8) is 0 Å². The monoisotopic (exact) mass is 341 g/mol. The number of carbonyl (C=O) groups excluding carboxylic acids is 1. The highest BCUT2D eigenvalue weighted by atomic mass is 35.5. The number of nitrogens with zero attached hydrogens (tertiary/aromatic N) is 1. The molecule has 0 radical (unpaired) electrons. The van der Waals surface area contributed by atoms with E-state index >= 15 is 0 Å². The van der Waals surface area contributed by atoms with Crippen LogP contribution in [0.25, 0.3) is 0 Å². The average molecular weight is 342 g/mol. The van der Waals surface area contributed by atoms with Crippen molar-refractivity contribution in [1.29, 1.82) is 0 Å². The van der Waals surface area contributed by atoms with Crippen LogP contribution in [-0.2, 0) is 4.79 Å². The molecule has 0 aliphatic heterocycles. The maximum atomic E-state index is 11.9. The van der Waals surface area contributed by atoms with Gasteiger partial charge in [-0.15, -0.1) is 11.8 Å². The Morgan fingerprint density at radius 2 is 2.00 bits per heavy atom. The first-order valence-electron chi connectivity index (χ1n) is 6.14. The van der Waals surface area contributed by atoms with E-state index in [0.717, 1.165) is 5.03 Å². The lowest BCUT2D eigenvalue weighted by Crippen LogP contribution is -2.13. The van der Waals surface area contributed by atoms with Crippen molar-refractivity contribution in [3.8, 4) is 0 Å². The summed E-state index contributed by atoms with van der Waals surface area (Å²) in [6, 6.07) is 8.55. The third kappa shape index (κ3) is 5.12. The molecule has 7 heteroatoms. The molecule has 0 saturated heterocycles. The normalized spacial score (nSPS) is 10.4. The van der Waals surface area contributed by atoms with Crippen LogP contribution >= 0.6 is 35.0 Å². The molecule has 0 aliphatic carbocycles. The molecule has 3 N–H and O–H groups in total. The predicted octanol–water partition coefficient (Wildman–Crippen LogP) is 4.09. The molecule has 0 saturated carbocycles. The van der Waals surface area contributed by atoms with Crippen LogP contribution in [0.1, 0.15) is 6.42 Å². The van der Waals surface area contributed by atoms with Crippen molar-refractivity contribution in [2.75, 3.05) is 16.8 Å². The van der Waals surface area contributed by atoms with E-state index in [1.807, 2.05) is 6.07 Å². The van der Waals surface area contributed by atoms with E-state index in [0.29, 0.717) is 33.6 Å². The second-order valence-corrected chi connectivity index (χ2v) is 6.18. The van der Waals surface area contributed by atoms with E-state index in [4.69, 9.17) is 28.9 Å². The van der Waals surface area contributed by atoms with Gasteiger partial charge < -0.3 is 11.1 Å². The zero-order chi connectivity index (χ0) is 15.2. The zero-order valence-electron chi connectivity index (χ0n) is 11.0. The van der Waals surface area contributed by atoms with Gasteiger partial charge in [-0.2, -0.15) is 0 Å². The number of anilines is 2. The molecule has 2 rings (SSSR count). The van der Waals surface area contributed by atoms with Crippen molar-refractivity contribution in [2.24, 2.45) is 0 Å². The molecule has 1 aromatic carbocycles. The van der Waals surface area contributed by atoms with E-state index < -0.39 is 0 Å². The maximum Gasteiger partial charge on any atom is 0.225 e. The molecule has 110 valence electrons. The van der Waals surface area contributed by atoms with Gasteiger partial charge >= 0.3 is 0 Å². The van der Waals surface area contributed by atoms with Crippen molar-refractivity contribution < 1.29 is 4.79 Å². The summed E-state index contributed by atoms with van der Waals surface area (Å²) >= 11 is 13.1. The number of amides is 1. The number of thioether (sulfide) groups is 1. The van der Waals surface area contributed by atoms with Gasteiger partial charge in [-0.05, 0) is 30.3 Å². The van der Waals surface area contributed by atoms with Gasteiger partial charge in [-0.3, -0.25) is 4.79 Å². The highest BCUT2D eigenvalue weighted by molar-refractivity contribution is 7.99. The number of hydrogen-bond acceptors (Lipinski definition) is 4. The topological polar surface area (TPSA) is 68.0 Å². The lowest BCUT2D eigenvalue weighted by molar-refractivity contribution is -0.115. The Labute approximate surface area is 137 Å². The number of benzene rings is 1. The first kappa shape index (κ1) is 15.9. The number of pyridine rings is 1. The quantitative estimate of drug-likeness (QED) is 0.634. The molecule has 0 aliphatic rings. The number of rotatable bonds is 5. The number of halogens is 2. The Balaban J connectivity index is 1.82. The Morgan fingerprint density at radius 3 is 2.71 bits per heavy atom. The first-order chi connectivity index (χ1) is 10.0. The summed E-state index contributed by atoms with van der Waals surface area (Å²) in [6.45, 7) is 0. The number of nitrogens with one attached hydrogen (secondary N) is 1. The molecule has 4 nitrogen and oxygen atoms in total. The summed E-state index contributed by atoms with van der Waals surface area (Å²) in [6.07, 6.45) is 1.93. The summed E-state index contributed by atoms with van der Waals surface area (Å²) in [7, 11) is 0. The van der Waals surface area contributed by atoms with Gasteiger partial charge in [-0.25, -0.2) is 4.98 Å². The SMILES string of the molecule is Nc1ccc(Cl)cc1NC(=O)CCSc1ccc(Cl)cn1. The minimum absolute atomic E-state index is 0.120. The van der Waals surface area contributed by atoms with Gasteiger partial charge in [0.05, 0.1) is 21.4 Å². The second kappa shape index (κ2) is 7.54. The summed E-state index contributed by atoms with van der Waals surface area (Å²) in [5, 5.41) is 4.69. The Bertz CT molecular complexity index is 635. The van der Waals surface area contributed by atoms with Gasteiger partial charge in [0.1, 0.15) is 0 Å². The van der Waals surface area contributed by atoms with Gasteiger partial charge in [0.15, 0.2) is 0 Å². The lowest BCUT2D eigenvalue weighted by atomic mass is 10.2. The summed E-state index contributed by atoms with van der Waals surface area (Å²) in [4.78, 5) is 16.0. The number of carbonyl (C=O) groups is 1. The first-order valence-corrected chi connectivity index (χ1v) is 7.88. The maximum absolute atomic E-state index is 11.9. The van der Waals surface area contributed by atoms with Gasteiger partial charge in [0.2, 0.25) is 5.91 Å². The highest BCUT2D eigenvalue weighted by Gasteiger charge is 2.06. The number of nitrogens with two attached hydrogens (primary N) is 1. The van der Waals surface area contributed by atoms with Crippen molar-refractivity contribution in [1.82, 2.24) is 4.98 Å². The Kier molecular flexibility index (Phi) is 5.73. The highest BCUT2D eigenvalue weighted by Crippen LogP contribution is 2.23.